The van der Waals surface area contributed by atoms with Crippen LogP contribution in [0.15, 0.2) is 12.5 Å². The zero-order valence-corrected chi connectivity index (χ0v) is 8.66. The van der Waals surface area contributed by atoms with Crippen LogP contribution in [-0.2, 0) is 9.47 Å². The summed E-state index contributed by atoms with van der Waals surface area (Å²) < 4.78 is 10.5. The highest BCUT2D eigenvalue weighted by atomic mass is 16.5. The molecule has 78 valence electrons. The summed E-state index contributed by atoms with van der Waals surface area (Å²) in [4.78, 5) is 2.19. The second-order valence-corrected chi connectivity index (χ2v) is 2.98. The van der Waals surface area contributed by atoms with Gasteiger partial charge in [-0.15, -0.1) is 11.8 Å². The van der Waals surface area contributed by atoms with Crippen LogP contribution in [0.25, 0.3) is 0 Å². The lowest BCUT2D eigenvalue weighted by Gasteiger charge is -2.24. The zero-order valence-electron chi connectivity index (χ0n) is 8.66. The van der Waals surface area contributed by atoms with Gasteiger partial charge in [0.15, 0.2) is 0 Å². The van der Waals surface area contributed by atoms with Crippen LogP contribution >= 0.6 is 0 Å². The quantitative estimate of drug-likeness (QED) is 0.382. The van der Waals surface area contributed by atoms with Crippen LogP contribution in [0, 0.1) is 11.8 Å². The molecule has 0 amide bonds. The van der Waals surface area contributed by atoms with Crippen molar-refractivity contribution in [1.29, 1.82) is 0 Å². The minimum atomic E-state index is 0.668. The number of morpholine rings is 1. The summed E-state index contributed by atoms with van der Waals surface area (Å²) in [6.07, 6.45) is 4.51. The minimum absolute atomic E-state index is 0.668. The van der Waals surface area contributed by atoms with Crippen LogP contribution in [0.4, 0.5) is 0 Å². The molecule has 0 N–H and O–H groups in total. The van der Waals surface area contributed by atoms with E-state index in [1.165, 1.54) is 0 Å². The molecule has 1 saturated heterocycles. The highest BCUT2D eigenvalue weighted by Gasteiger charge is 2.04. The Balaban J connectivity index is 2.03. The molecule has 1 heterocycles. The molecule has 0 aliphatic carbocycles. The van der Waals surface area contributed by atoms with E-state index in [-0.39, 0.29) is 0 Å². The lowest BCUT2D eigenvalue weighted by Crippen LogP contribution is -2.32. The van der Waals surface area contributed by atoms with Crippen molar-refractivity contribution >= 4 is 0 Å². The molecular formula is C11H17NO2. The van der Waals surface area contributed by atoms with Crippen LogP contribution in [0.1, 0.15) is 13.3 Å². The summed E-state index contributed by atoms with van der Waals surface area (Å²) in [7, 11) is 0. The number of hydrogen-bond acceptors (Lipinski definition) is 3. The Morgan fingerprint density at radius 3 is 2.93 bits per heavy atom. The second-order valence-electron chi connectivity index (χ2n) is 2.98. The van der Waals surface area contributed by atoms with E-state index in [1.807, 2.05) is 13.1 Å². The van der Waals surface area contributed by atoms with Gasteiger partial charge in [0.05, 0.1) is 26.1 Å². The first kappa shape index (κ1) is 10.9. The van der Waals surface area contributed by atoms with Gasteiger partial charge < -0.3 is 14.4 Å². The fourth-order valence-corrected chi connectivity index (χ4v) is 1.16. The molecule has 0 radical (unpaired) electrons. The SMILES string of the molecule is CC#CCCO/C=C/N1CCOCC1. The lowest BCUT2D eigenvalue weighted by atomic mass is 10.4. The summed E-state index contributed by atoms with van der Waals surface area (Å²) in [5, 5.41) is 0. The topological polar surface area (TPSA) is 21.7 Å². The maximum absolute atomic E-state index is 5.27. The van der Waals surface area contributed by atoms with Crippen LogP contribution in [0.3, 0.4) is 0 Å². The van der Waals surface area contributed by atoms with E-state index in [4.69, 9.17) is 9.47 Å². The van der Waals surface area contributed by atoms with E-state index in [2.05, 4.69) is 16.7 Å². The fourth-order valence-electron chi connectivity index (χ4n) is 1.16. The molecule has 1 fully saturated rings. The van der Waals surface area contributed by atoms with Crippen molar-refractivity contribution in [3.8, 4) is 11.8 Å². The third-order valence-corrected chi connectivity index (χ3v) is 1.94. The van der Waals surface area contributed by atoms with Gasteiger partial charge in [-0.2, -0.15) is 0 Å². The summed E-state index contributed by atoms with van der Waals surface area (Å²) in [5.74, 6) is 5.77. The molecule has 3 nitrogen and oxygen atoms in total. The van der Waals surface area contributed by atoms with E-state index in [9.17, 15) is 0 Å². The summed E-state index contributed by atoms with van der Waals surface area (Å²) in [6.45, 7) is 6.03. The van der Waals surface area contributed by atoms with E-state index in [0.29, 0.717) is 6.61 Å². The van der Waals surface area contributed by atoms with Crippen molar-refractivity contribution in [2.45, 2.75) is 13.3 Å². The Kier molecular flexibility index (Phi) is 5.69. The zero-order chi connectivity index (χ0) is 10.1. The number of ether oxygens (including phenoxy) is 2. The molecule has 0 spiro atoms. The van der Waals surface area contributed by atoms with Crippen LogP contribution in [0.5, 0.6) is 0 Å². The van der Waals surface area contributed by atoms with Crippen molar-refractivity contribution in [2.75, 3.05) is 32.9 Å². The lowest BCUT2D eigenvalue weighted by molar-refractivity contribution is 0.0578. The molecule has 0 aromatic rings. The van der Waals surface area contributed by atoms with Crippen molar-refractivity contribution in [3.05, 3.63) is 12.5 Å². The first-order valence-corrected chi connectivity index (χ1v) is 4.93. The average Bonchev–Trinajstić information content (AvgIpc) is 2.25. The maximum atomic E-state index is 5.27. The van der Waals surface area contributed by atoms with Gasteiger partial charge >= 0.3 is 0 Å². The molecular weight excluding hydrogens is 178 g/mol. The highest BCUT2D eigenvalue weighted by Crippen LogP contribution is 1.97. The molecule has 14 heavy (non-hydrogen) atoms. The van der Waals surface area contributed by atoms with Gasteiger partial charge in [-0.1, -0.05) is 0 Å². The highest BCUT2D eigenvalue weighted by molar-refractivity contribution is 4.94. The van der Waals surface area contributed by atoms with E-state index < -0.39 is 0 Å². The molecule has 0 unspecified atom stereocenters. The summed E-state index contributed by atoms with van der Waals surface area (Å²) >= 11 is 0. The van der Waals surface area contributed by atoms with E-state index in [1.54, 1.807) is 6.26 Å². The number of hydrogen-bond donors (Lipinski definition) is 0. The number of rotatable bonds is 4. The normalized spacial score (nSPS) is 16.5. The molecule has 0 atom stereocenters. The summed E-state index contributed by atoms with van der Waals surface area (Å²) in [6, 6.07) is 0. The molecule has 1 rings (SSSR count). The molecule has 1 aliphatic rings. The molecule has 0 bridgehead atoms. The number of nitrogens with zero attached hydrogens (tertiary/aromatic N) is 1. The average molecular weight is 195 g/mol. The van der Waals surface area contributed by atoms with E-state index >= 15 is 0 Å². The Hall–Kier alpha value is -1.14. The largest absolute Gasteiger partial charge is 0.499 e. The smallest absolute Gasteiger partial charge is 0.0988 e. The first-order valence-electron chi connectivity index (χ1n) is 4.93. The molecule has 0 aromatic carbocycles. The summed E-state index contributed by atoms with van der Waals surface area (Å²) in [5.41, 5.74) is 0. The van der Waals surface area contributed by atoms with Crippen molar-refractivity contribution in [3.63, 3.8) is 0 Å². The van der Waals surface area contributed by atoms with Gasteiger partial charge in [-0.05, 0) is 6.92 Å². The van der Waals surface area contributed by atoms with Crippen molar-refractivity contribution < 1.29 is 9.47 Å². The monoisotopic (exact) mass is 195 g/mol. The van der Waals surface area contributed by atoms with E-state index in [0.717, 1.165) is 32.7 Å². The standard InChI is InChI=1S/C11H17NO2/c1-2-3-4-8-13-9-5-12-6-10-14-11-7-12/h5,9H,4,6-8,10-11H2,1H3/b9-5+. The van der Waals surface area contributed by atoms with Gasteiger partial charge in [-0.25, -0.2) is 0 Å². The second kappa shape index (κ2) is 7.28. The third kappa shape index (κ3) is 4.78. The van der Waals surface area contributed by atoms with Gasteiger partial charge in [0.25, 0.3) is 0 Å². The molecule has 0 saturated carbocycles. The Labute approximate surface area is 85.7 Å². The molecule has 1 aliphatic heterocycles. The fraction of sp³-hybridized carbons (Fsp3) is 0.636. The molecule has 3 heteroatoms. The Morgan fingerprint density at radius 2 is 2.21 bits per heavy atom. The van der Waals surface area contributed by atoms with Crippen molar-refractivity contribution in [1.82, 2.24) is 4.90 Å². The van der Waals surface area contributed by atoms with Gasteiger partial charge in [-0.3, -0.25) is 0 Å². The third-order valence-electron chi connectivity index (χ3n) is 1.94. The first-order chi connectivity index (χ1) is 6.93. The van der Waals surface area contributed by atoms with Crippen molar-refractivity contribution in [2.24, 2.45) is 0 Å². The Morgan fingerprint density at radius 1 is 1.43 bits per heavy atom. The predicted octanol–water partition coefficient (Wildman–Crippen LogP) is 1.22. The van der Waals surface area contributed by atoms with Gasteiger partial charge in [0.2, 0.25) is 0 Å². The van der Waals surface area contributed by atoms with Gasteiger partial charge in [0.1, 0.15) is 0 Å². The van der Waals surface area contributed by atoms with Crippen LogP contribution in [0.2, 0.25) is 0 Å². The minimum Gasteiger partial charge on any atom is -0.499 e. The predicted molar refractivity (Wildman–Crippen MR) is 55.6 cm³/mol. The maximum Gasteiger partial charge on any atom is 0.0988 e. The molecule has 0 aromatic heterocycles. The van der Waals surface area contributed by atoms with Gasteiger partial charge in [0, 0.05) is 25.7 Å². The van der Waals surface area contributed by atoms with Crippen LogP contribution in [-0.4, -0.2) is 37.8 Å². The Bertz CT molecular complexity index is 221. The van der Waals surface area contributed by atoms with Crippen LogP contribution < -0.4 is 0 Å².